The van der Waals surface area contributed by atoms with Gasteiger partial charge in [-0.05, 0) is 25.0 Å². The number of hydrogen-bond donors (Lipinski definition) is 1. The molecule has 0 aliphatic rings. The second-order valence-electron chi connectivity index (χ2n) is 3.28. The molecule has 1 aromatic heterocycles. The standard InChI is InChI=1S/C9H14O2/c1-7(2)9(3,10)8-5-4-6-11-8/h4-7,10H,1-3H3/t9-/m1/s1. The van der Waals surface area contributed by atoms with Gasteiger partial charge in [-0.1, -0.05) is 13.8 Å². The van der Waals surface area contributed by atoms with Crippen LogP contribution in [0.3, 0.4) is 0 Å². The highest BCUT2D eigenvalue weighted by Gasteiger charge is 2.29. The Balaban J connectivity index is 2.90. The Morgan fingerprint density at radius 1 is 1.55 bits per heavy atom. The zero-order valence-corrected chi connectivity index (χ0v) is 7.16. The van der Waals surface area contributed by atoms with Gasteiger partial charge >= 0.3 is 0 Å². The number of hydrogen-bond acceptors (Lipinski definition) is 2. The molecule has 0 unspecified atom stereocenters. The summed E-state index contributed by atoms with van der Waals surface area (Å²) in [5.74, 6) is 0.793. The minimum Gasteiger partial charge on any atom is -0.466 e. The molecule has 1 N–H and O–H groups in total. The van der Waals surface area contributed by atoms with Crippen molar-refractivity contribution in [2.45, 2.75) is 26.4 Å². The molecule has 0 aliphatic heterocycles. The highest BCUT2D eigenvalue weighted by Crippen LogP contribution is 2.28. The van der Waals surface area contributed by atoms with Crippen LogP contribution in [-0.2, 0) is 5.60 Å². The van der Waals surface area contributed by atoms with Gasteiger partial charge in [-0.25, -0.2) is 0 Å². The molecule has 0 bridgehead atoms. The average molecular weight is 154 g/mol. The zero-order valence-electron chi connectivity index (χ0n) is 7.16. The summed E-state index contributed by atoms with van der Waals surface area (Å²) in [5.41, 5.74) is -0.844. The molecule has 0 amide bonds. The minimum atomic E-state index is -0.844. The van der Waals surface area contributed by atoms with Crippen molar-refractivity contribution in [2.24, 2.45) is 5.92 Å². The summed E-state index contributed by atoms with van der Waals surface area (Å²) in [6, 6.07) is 3.58. The molecule has 0 radical (unpaired) electrons. The molecule has 0 saturated heterocycles. The van der Waals surface area contributed by atoms with Crippen LogP contribution in [0, 0.1) is 5.92 Å². The van der Waals surface area contributed by atoms with E-state index in [0.29, 0.717) is 5.76 Å². The Labute approximate surface area is 66.8 Å². The first-order valence-electron chi connectivity index (χ1n) is 3.81. The molecule has 2 heteroatoms. The molecule has 1 heterocycles. The van der Waals surface area contributed by atoms with E-state index in [9.17, 15) is 5.11 Å². The van der Waals surface area contributed by atoms with Crippen LogP contribution < -0.4 is 0 Å². The maximum absolute atomic E-state index is 9.86. The van der Waals surface area contributed by atoms with Crippen molar-refractivity contribution in [1.29, 1.82) is 0 Å². The van der Waals surface area contributed by atoms with Crippen molar-refractivity contribution in [3.8, 4) is 0 Å². The third-order valence-electron chi connectivity index (χ3n) is 2.14. The third kappa shape index (κ3) is 1.46. The lowest BCUT2D eigenvalue weighted by molar-refractivity contribution is -0.0111. The molecule has 1 atom stereocenters. The smallest absolute Gasteiger partial charge is 0.135 e. The van der Waals surface area contributed by atoms with Crippen molar-refractivity contribution in [2.75, 3.05) is 0 Å². The van der Waals surface area contributed by atoms with Crippen LogP contribution in [0.4, 0.5) is 0 Å². The van der Waals surface area contributed by atoms with E-state index in [0.717, 1.165) is 0 Å². The molecule has 1 rings (SSSR count). The summed E-state index contributed by atoms with van der Waals surface area (Å²) >= 11 is 0. The van der Waals surface area contributed by atoms with E-state index in [2.05, 4.69) is 0 Å². The van der Waals surface area contributed by atoms with Crippen LogP contribution in [0.1, 0.15) is 26.5 Å². The highest BCUT2D eigenvalue weighted by molar-refractivity contribution is 5.08. The second kappa shape index (κ2) is 2.70. The van der Waals surface area contributed by atoms with Gasteiger partial charge in [-0.3, -0.25) is 0 Å². The molecule has 0 fully saturated rings. The SMILES string of the molecule is CC(C)[C@@](C)(O)c1ccco1. The highest BCUT2D eigenvalue weighted by atomic mass is 16.4. The fourth-order valence-electron chi connectivity index (χ4n) is 0.851. The largest absolute Gasteiger partial charge is 0.466 e. The van der Waals surface area contributed by atoms with Crippen molar-refractivity contribution >= 4 is 0 Å². The summed E-state index contributed by atoms with van der Waals surface area (Å²) in [4.78, 5) is 0. The molecule has 1 aromatic rings. The summed E-state index contributed by atoms with van der Waals surface area (Å²) < 4.78 is 5.11. The molecule has 0 aromatic carbocycles. The molecule has 0 aliphatic carbocycles. The lowest BCUT2D eigenvalue weighted by atomic mass is 9.90. The Bertz CT molecular complexity index is 209. The topological polar surface area (TPSA) is 33.4 Å². The predicted molar refractivity (Wildman–Crippen MR) is 43.1 cm³/mol. The summed E-state index contributed by atoms with van der Waals surface area (Å²) in [6.07, 6.45) is 1.58. The fraction of sp³-hybridized carbons (Fsp3) is 0.556. The van der Waals surface area contributed by atoms with E-state index in [-0.39, 0.29) is 5.92 Å². The van der Waals surface area contributed by atoms with Crippen LogP contribution in [0.2, 0.25) is 0 Å². The average Bonchev–Trinajstić information content (AvgIpc) is 2.37. The Morgan fingerprint density at radius 3 is 2.55 bits per heavy atom. The van der Waals surface area contributed by atoms with Crippen LogP contribution in [0.5, 0.6) is 0 Å². The van der Waals surface area contributed by atoms with Gasteiger partial charge in [0.1, 0.15) is 11.4 Å². The lowest BCUT2D eigenvalue weighted by Gasteiger charge is -2.24. The first kappa shape index (κ1) is 8.34. The first-order valence-corrected chi connectivity index (χ1v) is 3.81. The molecule has 11 heavy (non-hydrogen) atoms. The third-order valence-corrected chi connectivity index (χ3v) is 2.14. The van der Waals surface area contributed by atoms with Crippen LogP contribution in [0.15, 0.2) is 22.8 Å². The van der Waals surface area contributed by atoms with Crippen LogP contribution in [0.25, 0.3) is 0 Å². The van der Waals surface area contributed by atoms with Gasteiger partial charge in [0, 0.05) is 0 Å². The van der Waals surface area contributed by atoms with Crippen molar-refractivity contribution in [3.05, 3.63) is 24.2 Å². The molecule has 2 nitrogen and oxygen atoms in total. The van der Waals surface area contributed by atoms with Crippen molar-refractivity contribution in [1.82, 2.24) is 0 Å². The van der Waals surface area contributed by atoms with Gasteiger partial charge in [0.05, 0.1) is 6.26 Å². The molecular weight excluding hydrogens is 140 g/mol. The van der Waals surface area contributed by atoms with Gasteiger partial charge in [-0.15, -0.1) is 0 Å². The van der Waals surface area contributed by atoms with E-state index in [1.54, 1.807) is 25.3 Å². The van der Waals surface area contributed by atoms with Crippen LogP contribution in [-0.4, -0.2) is 5.11 Å². The van der Waals surface area contributed by atoms with Gasteiger partial charge in [0.25, 0.3) is 0 Å². The minimum absolute atomic E-state index is 0.161. The Morgan fingerprint density at radius 2 is 2.18 bits per heavy atom. The number of furan rings is 1. The maximum Gasteiger partial charge on any atom is 0.135 e. The maximum atomic E-state index is 9.86. The normalized spacial score (nSPS) is 16.8. The summed E-state index contributed by atoms with van der Waals surface area (Å²) in [5, 5.41) is 9.86. The van der Waals surface area contributed by atoms with Gasteiger partial charge in [-0.2, -0.15) is 0 Å². The van der Waals surface area contributed by atoms with E-state index in [1.165, 1.54) is 0 Å². The Hall–Kier alpha value is -0.760. The lowest BCUT2D eigenvalue weighted by Crippen LogP contribution is -2.27. The van der Waals surface area contributed by atoms with Gasteiger partial charge in [0.15, 0.2) is 0 Å². The number of rotatable bonds is 2. The van der Waals surface area contributed by atoms with E-state index < -0.39 is 5.60 Å². The van der Waals surface area contributed by atoms with Gasteiger partial charge < -0.3 is 9.52 Å². The fourth-order valence-corrected chi connectivity index (χ4v) is 0.851. The second-order valence-corrected chi connectivity index (χ2v) is 3.28. The van der Waals surface area contributed by atoms with Crippen LogP contribution >= 0.6 is 0 Å². The van der Waals surface area contributed by atoms with Crippen molar-refractivity contribution in [3.63, 3.8) is 0 Å². The molecule has 0 saturated carbocycles. The zero-order chi connectivity index (χ0) is 8.48. The Kier molecular flexibility index (Phi) is 2.05. The van der Waals surface area contributed by atoms with E-state index in [4.69, 9.17) is 4.42 Å². The molecular formula is C9H14O2. The summed E-state index contributed by atoms with van der Waals surface area (Å²) in [7, 11) is 0. The molecule has 62 valence electrons. The van der Waals surface area contributed by atoms with E-state index in [1.807, 2.05) is 13.8 Å². The van der Waals surface area contributed by atoms with E-state index >= 15 is 0 Å². The quantitative estimate of drug-likeness (QED) is 0.708. The first-order chi connectivity index (χ1) is 5.05. The van der Waals surface area contributed by atoms with Gasteiger partial charge in [0.2, 0.25) is 0 Å². The molecule has 0 spiro atoms. The predicted octanol–water partition coefficient (Wildman–Crippen LogP) is 2.14. The summed E-state index contributed by atoms with van der Waals surface area (Å²) in [6.45, 7) is 5.68. The monoisotopic (exact) mass is 154 g/mol. The van der Waals surface area contributed by atoms with Crippen molar-refractivity contribution < 1.29 is 9.52 Å². The number of aliphatic hydroxyl groups is 1.